The second kappa shape index (κ2) is 6.33. The summed E-state index contributed by atoms with van der Waals surface area (Å²) in [6, 6.07) is 10.9. The molecule has 1 aromatic heterocycles. The largest absolute Gasteiger partial charge is 0.496 e. The lowest BCUT2D eigenvalue weighted by Crippen LogP contribution is -2.25. The van der Waals surface area contributed by atoms with Gasteiger partial charge in [-0.25, -0.2) is 0 Å². The molecule has 1 heterocycles. The first-order valence-corrected chi connectivity index (χ1v) is 7.42. The Morgan fingerprint density at radius 3 is 2.76 bits per heavy atom. The minimum absolute atomic E-state index is 0.499. The molecule has 0 aliphatic heterocycles. The minimum Gasteiger partial charge on any atom is -0.496 e. The average molecular weight is 286 g/mol. The molecular weight excluding hydrogens is 264 g/mol. The van der Waals surface area contributed by atoms with E-state index in [1.165, 1.54) is 18.4 Å². The van der Waals surface area contributed by atoms with Gasteiger partial charge < -0.3 is 14.9 Å². The molecule has 1 saturated carbocycles. The highest BCUT2D eigenvalue weighted by molar-refractivity contribution is 5.37. The maximum atomic E-state index is 5.80. The quantitative estimate of drug-likeness (QED) is 0.850. The van der Waals surface area contributed by atoms with Crippen LogP contribution in [0.1, 0.15) is 29.7 Å². The Hall–Kier alpha value is -1.78. The van der Waals surface area contributed by atoms with Crippen molar-refractivity contribution in [2.45, 2.75) is 38.5 Å². The van der Waals surface area contributed by atoms with E-state index < -0.39 is 0 Å². The number of hydrogen-bond donors (Lipinski definition) is 1. The van der Waals surface area contributed by atoms with Gasteiger partial charge in [-0.1, -0.05) is 6.07 Å². The third-order valence-electron chi connectivity index (χ3n) is 3.95. The van der Waals surface area contributed by atoms with Crippen LogP contribution in [0.2, 0.25) is 0 Å². The van der Waals surface area contributed by atoms with Gasteiger partial charge in [0.2, 0.25) is 0 Å². The topological polar surface area (TPSA) is 51.6 Å². The van der Waals surface area contributed by atoms with E-state index in [0.717, 1.165) is 30.2 Å². The van der Waals surface area contributed by atoms with Crippen LogP contribution in [0, 0.1) is 0 Å². The van der Waals surface area contributed by atoms with Gasteiger partial charge in [0, 0.05) is 24.7 Å². The Bertz CT molecular complexity index is 576. The van der Waals surface area contributed by atoms with Gasteiger partial charge >= 0.3 is 0 Å². The Morgan fingerprint density at radius 1 is 1.29 bits per heavy atom. The number of hydrogen-bond acceptors (Lipinski definition) is 4. The Morgan fingerprint density at radius 2 is 2.14 bits per heavy atom. The molecule has 21 heavy (non-hydrogen) atoms. The monoisotopic (exact) mass is 286 g/mol. The van der Waals surface area contributed by atoms with Gasteiger partial charge in [0.05, 0.1) is 19.9 Å². The van der Waals surface area contributed by atoms with Gasteiger partial charge in [-0.2, -0.15) is 0 Å². The van der Waals surface area contributed by atoms with E-state index in [1.807, 2.05) is 18.2 Å². The highest BCUT2D eigenvalue weighted by atomic mass is 16.5. The molecule has 4 heteroatoms. The molecule has 0 bridgehead atoms. The van der Waals surface area contributed by atoms with Gasteiger partial charge in [-0.15, -0.1) is 0 Å². The first-order chi connectivity index (χ1) is 10.3. The van der Waals surface area contributed by atoms with Crippen molar-refractivity contribution in [3.05, 3.63) is 53.5 Å². The molecule has 2 N–H and O–H groups in total. The SMILES string of the molecule is COc1ccc(CN(Cc2ccco2)C2CC2)cc1CN. The van der Waals surface area contributed by atoms with Crippen LogP contribution in [-0.2, 0) is 19.6 Å². The number of methoxy groups -OCH3 is 1. The van der Waals surface area contributed by atoms with E-state index in [0.29, 0.717) is 12.6 Å². The van der Waals surface area contributed by atoms with Crippen LogP contribution in [0.4, 0.5) is 0 Å². The molecule has 0 unspecified atom stereocenters. The lowest BCUT2D eigenvalue weighted by molar-refractivity contribution is 0.225. The number of ether oxygens (including phenoxy) is 1. The third kappa shape index (κ3) is 3.46. The van der Waals surface area contributed by atoms with Crippen LogP contribution >= 0.6 is 0 Å². The predicted molar refractivity (Wildman–Crippen MR) is 81.9 cm³/mol. The molecule has 0 amide bonds. The van der Waals surface area contributed by atoms with Gasteiger partial charge in [0.15, 0.2) is 0 Å². The van der Waals surface area contributed by atoms with Crippen LogP contribution in [0.3, 0.4) is 0 Å². The van der Waals surface area contributed by atoms with Crippen LogP contribution < -0.4 is 10.5 Å². The van der Waals surface area contributed by atoms with Crippen molar-refractivity contribution < 1.29 is 9.15 Å². The molecule has 1 aromatic carbocycles. The second-order valence-corrected chi connectivity index (χ2v) is 5.57. The third-order valence-corrected chi connectivity index (χ3v) is 3.95. The fourth-order valence-corrected chi connectivity index (χ4v) is 2.68. The van der Waals surface area contributed by atoms with E-state index in [-0.39, 0.29) is 0 Å². The van der Waals surface area contributed by atoms with Crippen molar-refractivity contribution in [3.63, 3.8) is 0 Å². The van der Waals surface area contributed by atoms with Crippen LogP contribution in [0.15, 0.2) is 41.0 Å². The predicted octanol–water partition coefficient (Wildman–Crippen LogP) is 2.91. The maximum absolute atomic E-state index is 5.80. The van der Waals surface area contributed by atoms with Gasteiger partial charge in [-0.05, 0) is 42.7 Å². The molecule has 3 rings (SSSR count). The summed E-state index contributed by atoms with van der Waals surface area (Å²) in [5.74, 6) is 1.89. The maximum Gasteiger partial charge on any atom is 0.123 e. The number of rotatable bonds is 7. The zero-order valence-electron chi connectivity index (χ0n) is 12.4. The summed E-state index contributed by atoms with van der Waals surface area (Å²) in [7, 11) is 1.68. The summed E-state index contributed by atoms with van der Waals surface area (Å²) >= 11 is 0. The Labute approximate surface area is 125 Å². The van der Waals surface area contributed by atoms with E-state index in [9.17, 15) is 0 Å². The smallest absolute Gasteiger partial charge is 0.123 e. The number of benzene rings is 1. The number of nitrogens with two attached hydrogens (primary N) is 1. The van der Waals surface area contributed by atoms with Gasteiger partial charge in [0.1, 0.15) is 11.5 Å². The van der Waals surface area contributed by atoms with Crippen molar-refractivity contribution in [1.82, 2.24) is 4.90 Å². The van der Waals surface area contributed by atoms with Crippen molar-refractivity contribution in [2.24, 2.45) is 5.73 Å². The molecule has 1 fully saturated rings. The standard InChI is InChI=1S/C17H22N2O2/c1-20-17-7-4-13(9-14(17)10-18)11-19(15-5-6-15)12-16-3-2-8-21-16/h2-4,7-9,15H,5-6,10-12,18H2,1H3. The summed E-state index contributed by atoms with van der Waals surface area (Å²) in [5.41, 5.74) is 8.13. The van der Waals surface area contributed by atoms with E-state index in [2.05, 4.69) is 17.0 Å². The Kier molecular flexibility index (Phi) is 4.27. The molecule has 1 aliphatic carbocycles. The summed E-state index contributed by atoms with van der Waals surface area (Å²) in [4.78, 5) is 2.47. The van der Waals surface area contributed by atoms with Crippen LogP contribution in [0.25, 0.3) is 0 Å². The average Bonchev–Trinajstić information content (AvgIpc) is 3.24. The van der Waals surface area contributed by atoms with Crippen molar-refractivity contribution >= 4 is 0 Å². The zero-order valence-corrected chi connectivity index (χ0v) is 12.4. The molecule has 0 saturated heterocycles. The Balaban J connectivity index is 1.73. The zero-order chi connectivity index (χ0) is 14.7. The lowest BCUT2D eigenvalue weighted by Gasteiger charge is -2.21. The molecule has 112 valence electrons. The second-order valence-electron chi connectivity index (χ2n) is 5.57. The molecule has 1 aliphatic rings. The molecule has 4 nitrogen and oxygen atoms in total. The fourth-order valence-electron chi connectivity index (χ4n) is 2.68. The number of nitrogens with zero attached hydrogens (tertiary/aromatic N) is 1. The summed E-state index contributed by atoms with van der Waals surface area (Å²) in [6.45, 7) is 2.28. The normalized spacial score (nSPS) is 14.6. The van der Waals surface area contributed by atoms with Crippen molar-refractivity contribution in [3.8, 4) is 5.75 Å². The summed E-state index contributed by atoms with van der Waals surface area (Å²) < 4.78 is 10.8. The minimum atomic E-state index is 0.499. The van der Waals surface area contributed by atoms with E-state index in [4.69, 9.17) is 14.9 Å². The summed E-state index contributed by atoms with van der Waals surface area (Å²) in [5, 5.41) is 0. The summed E-state index contributed by atoms with van der Waals surface area (Å²) in [6.07, 6.45) is 4.29. The first-order valence-electron chi connectivity index (χ1n) is 7.42. The van der Waals surface area contributed by atoms with E-state index in [1.54, 1.807) is 13.4 Å². The van der Waals surface area contributed by atoms with Crippen molar-refractivity contribution in [2.75, 3.05) is 7.11 Å². The molecule has 2 aromatic rings. The molecule has 0 radical (unpaired) electrons. The van der Waals surface area contributed by atoms with Crippen LogP contribution in [0.5, 0.6) is 5.75 Å². The molecular formula is C17H22N2O2. The lowest BCUT2D eigenvalue weighted by atomic mass is 10.1. The highest BCUT2D eigenvalue weighted by Gasteiger charge is 2.29. The van der Waals surface area contributed by atoms with Crippen LogP contribution in [-0.4, -0.2) is 18.1 Å². The number of furan rings is 1. The highest BCUT2D eigenvalue weighted by Crippen LogP contribution is 2.30. The van der Waals surface area contributed by atoms with Gasteiger partial charge in [-0.3, -0.25) is 4.90 Å². The van der Waals surface area contributed by atoms with E-state index >= 15 is 0 Å². The molecule has 0 atom stereocenters. The fraction of sp³-hybridized carbons (Fsp3) is 0.412. The first kappa shape index (κ1) is 14.2. The van der Waals surface area contributed by atoms with Crippen molar-refractivity contribution in [1.29, 1.82) is 0 Å². The van der Waals surface area contributed by atoms with Gasteiger partial charge in [0.25, 0.3) is 0 Å². The molecule has 0 spiro atoms.